The third kappa shape index (κ3) is 5.16. The average Bonchev–Trinajstić information content (AvgIpc) is 2.39. The number of rotatable bonds is 6. The maximum Gasteiger partial charge on any atom is 0.238 e. The van der Waals surface area contributed by atoms with Gasteiger partial charge in [0.15, 0.2) is 0 Å². The van der Waals surface area contributed by atoms with Crippen molar-refractivity contribution in [3.05, 3.63) is 47.2 Å². The van der Waals surface area contributed by atoms with Crippen LogP contribution in [0.25, 0.3) is 0 Å². The molecule has 21 heavy (non-hydrogen) atoms. The lowest BCUT2D eigenvalue weighted by Gasteiger charge is -2.08. The van der Waals surface area contributed by atoms with E-state index < -0.39 is 0 Å². The fourth-order valence-electron chi connectivity index (χ4n) is 2.10. The van der Waals surface area contributed by atoms with Crippen LogP contribution in [-0.2, 0) is 6.54 Å². The Morgan fingerprint density at radius 1 is 1.05 bits per heavy atom. The van der Waals surface area contributed by atoms with Gasteiger partial charge in [-0.15, -0.1) is 5.10 Å². The van der Waals surface area contributed by atoms with Crippen LogP contribution in [0.4, 0.5) is 0 Å². The second-order valence-corrected chi connectivity index (χ2v) is 5.81. The molecule has 4 heteroatoms. The molecule has 0 atom stereocenters. The lowest BCUT2D eigenvalue weighted by molar-refractivity contribution is 0.452. The molecular formula is C17H23N3O. The fraction of sp³-hybridized carbons (Fsp3) is 0.412. The van der Waals surface area contributed by atoms with E-state index in [1.807, 2.05) is 24.3 Å². The summed E-state index contributed by atoms with van der Waals surface area (Å²) in [6.07, 6.45) is 0. The van der Waals surface area contributed by atoms with Crippen molar-refractivity contribution in [2.75, 3.05) is 6.54 Å². The van der Waals surface area contributed by atoms with Crippen LogP contribution >= 0.6 is 0 Å². The molecule has 0 aliphatic carbocycles. The highest BCUT2D eigenvalue weighted by Gasteiger charge is 2.03. The number of benzene rings is 1. The Kier molecular flexibility index (Phi) is 5.28. The van der Waals surface area contributed by atoms with Gasteiger partial charge < -0.3 is 10.1 Å². The van der Waals surface area contributed by atoms with Crippen LogP contribution in [0, 0.1) is 19.8 Å². The summed E-state index contributed by atoms with van der Waals surface area (Å²) in [6.45, 7) is 10.2. The van der Waals surface area contributed by atoms with Gasteiger partial charge in [-0.1, -0.05) is 19.9 Å². The number of nitrogens with zero attached hydrogens (tertiary/aromatic N) is 2. The zero-order chi connectivity index (χ0) is 15.2. The van der Waals surface area contributed by atoms with Crippen molar-refractivity contribution in [2.24, 2.45) is 5.92 Å². The summed E-state index contributed by atoms with van der Waals surface area (Å²) in [5, 5.41) is 11.6. The summed E-state index contributed by atoms with van der Waals surface area (Å²) in [6, 6.07) is 9.90. The zero-order valence-corrected chi connectivity index (χ0v) is 13.2. The first-order valence-corrected chi connectivity index (χ1v) is 7.32. The molecule has 0 radical (unpaired) electrons. The van der Waals surface area contributed by atoms with E-state index in [0.717, 1.165) is 24.5 Å². The van der Waals surface area contributed by atoms with E-state index in [0.29, 0.717) is 11.8 Å². The van der Waals surface area contributed by atoms with Crippen LogP contribution in [-0.4, -0.2) is 16.7 Å². The Bertz CT molecular complexity index is 559. The van der Waals surface area contributed by atoms with Crippen LogP contribution in [0.5, 0.6) is 11.6 Å². The Morgan fingerprint density at radius 2 is 1.76 bits per heavy atom. The van der Waals surface area contributed by atoms with E-state index in [9.17, 15) is 0 Å². The number of aromatic nitrogens is 2. The number of ether oxygens (including phenoxy) is 1. The fourth-order valence-corrected chi connectivity index (χ4v) is 2.10. The highest BCUT2D eigenvalue weighted by molar-refractivity contribution is 5.35. The number of hydrogen-bond acceptors (Lipinski definition) is 4. The molecule has 0 saturated carbocycles. The summed E-state index contributed by atoms with van der Waals surface area (Å²) >= 11 is 0. The first-order chi connectivity index (χ1) is 10.0. The van der Waals surface area contributed by atoms with E-state index in [1.54, 1.807) is 0 Å². The molecule has 2 rings (SSSR count). The van der Waals surface area contributed by atoms with Gasteiger partial charge in [0.25, 0.3) is 0 Å². The van der Waals surface area contributed by atoms with Crippen molar-refractivity contribution in [1.29, 1.82) is 0 Å². The molecule has 0 aliphatic heterocycles. The van der Waals surface area contributed by atoms with Crippen LogP contribution in [0.2, 0.25) is 0 Å². The third-order valence-electron chi connectivity index (χ3n) is 2.97. The Morgan fingerprint density at radius 3 is 2.33 bits per heavy atom. The molecule has 1 N–H and O–H groups in total. The molecular weight excluding hydrogens is 262 g/mol. The molecule has 0 spiro atoms. The molecule has 0 fully saturated rings. The topological polar surface area (TPSA) is 47.0 Å². The average molecular weight is 285 g/mol. The van der Waals surface area contributed by atoms with E-state index in [1.165, 1.54) is 11.1 Å². The SMILES string of the molecule is Cc1cc(C)cc(Oc2ccc(CNCC(C)C)nn2)c1. The largest absolute Gasteiger partial charge is 0.438 e. The summed E-state index contributed by atoms with van der Waals surface area (Å²) in [5.74, 6) is 1.95. The molecule has 0 amide bonds. The molecule has 0 unspecified atom stereocenters. The molecule has 0 aliphatic rings. The predicted octanol–water partition coefficient (Wildman–Crippen LogP) is 3.63. The van der Waals surface area contributed by atoms with Gasteiger partial charge in [0.05, 0.1) is 5.69 Å². The van der Waals surface area contributed by atoms with E-state index in [-0.39, 0.29) is 0 Å². The second-order valence-electron chi connectivity index (χ2n) is 5.81. The van der Waals surface area contributed by atoms with Crippen molar-refractivity contribution >= 4 is 0 Å². The molecule has 0 saturated heterocycles. The summed E-state index contributed by atoms with van der Waals surface area (Å²) in [4.78, 5) is 0. The molecule has 1 aromatic carbocycles. The van der Waals surface area contributed by atoms with Crippen molar-refractivity contribution in [3.8, 4) is 11.6 Å². The Balaban J connectivity index is 1.95. The normalized spacial score (nSPS) is 10.9. The van der Waals surface area contributed by atoms with Gasteiger partial charge in [0, 0.05) is 12.6 Å². The lowest BCUT2D eigenvalue weighted by Crippen LogP contribution is -2.19. The first-order valence-electron chi connectivity index (χ1n) is 7.32. The van der Waals surface area contributed by atoms with Gasteiger partial charge in [-0.05, 0) is 55.6 Å². The molecule has 2 aromatic rings. The van der Waals surface area contributed by atoms with Gasteiger partial charge in [0.1, 0.15) is 5.75 Å². The molecule has 1 aromatic heterocycles. The Labute approximate surface area is 126 Å². The van der Waals surface area contributed by atoms with Gasteiger partial charge in [-0.25, -0.2) is 0 Å². The minimum Gasteiger partial charge on any atom is -0.438 e. The van der Waals surface area contributed by atoms with E-state index in [4.69, 9.17) is 4.74 Å². The number of aryl methyl sites for hydroxylation is 2. The second kappa shape index (κ2) is 7.18. The zero-order valence-electron chi connectivity index (χ0n) is 13.2. The summed E-state index contributed by atoms with van der Waals surface area (Å²) in [7, 11) is 0. The van der Waals surface area contributed by atoms with Gasteiger partial charge in [0.2, 0.25) is 5.88 Å². The minimum atomic E-state index is 0.521. The summed E-state index contributed by atoms with van der Waals surface area (Å²) < 4.78 is 5.74. The van der Waals surface area contributed by atoms with Crippen LogP contribution in [0.15, 0.2) is 30.3 Å². The van der Waals surface area contributed by atoms with Crippen molar-refractivity contribution in [3.63, 3.8) is 0 Å². The highest BCUT2D eigenvalue weighted by Crippen LogP contribution is 2.21. The molecule has 112 valence electrons. The number of hydrogen-bond donors (Lipinski definition) is 1. The standard InChI is InChI=1S/C17H23N3O/c1-12(2)10-18-11-15-5-6-17(20-19-15)21-16-8-13(3)7-14(4)9-16/h5-9,12,18H,10-11H2,1-4H3. The molecule has 0 bridgehead atoms. The van der Waals surface area contributed by atoms with Gasteiger partial charge >= 0.3 is 0 Å². The highest BCUT2D eigenvalue weighted by atomic mass is 16.5. The van der Waals surface area contributed by atoms with Crippen molar-refractivity contribution in [2.45, 2.75) is 34.2 Å². The van der Waals surface area contributed by atoms with Crippen LogP contribution < -0.4 is 10.1 Å². The maximum absolute atomic E-state index is 5.74. The van der Waals surface area contributed by atoms with Crippen LogP contribution in [0.3, 0.4) is 0 Å². The van der Waals surface area contributed by atoms with E-state index in [2.05, 4.69) is 49.3 Å². The van der Waals surface area contributed by atoms with Gasteiger partial charge in [-0.2, -0.15) is 5.10 Å². The third-order valence-corrected chi connectivity index (χ3v) is 2.97. The molecule has 4 nitrogen and oxygen atoms in total. The van der Waals surface area contributed by atoms with Crippen molar-refractivity contribution in [1.82, 2.24) is 15.5 Å². The van der Waals surface area contributed by atoms with Gasteiger partial charge in [-0.3, -0.25) is 0 Å². The predicted molar refractivity (Wildman–Crippen MR) is 84.6 cm³/mol. The maximum atomic E-state index is 5.74. The van der Waals surface area contributed by atoms with Crippen molar-refractivity contribution < 1.29 is 4.74 Å². The summed E-state index contributed by atoms with van der Waals surface area (Å²) in [5.41, 5.74) is 3.27. The smallest absolute Gasteiger partial charge is 0.238 e. The lowest BCUT2D eigenvalue weighted by atomic mass is 10.1. The Hall–Kier alpha value is -1.94. The quantitative estimate of drug-likeness (QED) is 0.880. The number of nitrogens with one attached hydrogen (secondary N) is 1. The van der Waals surface area contributed by atoms with E-state index >= 15 is 0 Å². The van der Waals surface area contributed by atoms with Crippen LogP contribution in [0.1, 0.15) is 30.7 Å². The minimum absolute atomic E-state index is 0.521. The monoisotopic (exact) mass is 285 g/mol. The first kappa shape index (κ1) is 15.4. The molecule has 1 heterocycles.